The summed E-state index contributed by atoms with van der Waals surface area (Å²) in [6.45, 7) is 3.56. The van der Waals surface area contributed by atoms with Crippen LogP contribution in [0.2, 0.25) is 0 Å². The summed E-state index contributed by atoms with van der Waals surface area (Å²) in [6, 6.07) is 0.0553. The van der Waals surface area contributed by atoms with Crippen LogP contribution in [0, 0.1) is 0 Å². The molecule has 0 amide bonds. The number of sulfonamides is 1. The predicted molar refractivity (Wildman–Crippen MR) is 86.0 cm³/mol. The van der Waals surface area contributed by atoms with Crippen LogP contribution in [0.25, 0.3) is 0 Å². The molecule has 0 bridgehead atoms. The molecule has 8 heteroatoms. The van der Waals surface area contributed by atoms with E-state index < -0.39 is 10.0 Å². The van der Waals surface area contributed by atoms with Crippen LogP contribution in [-0.4, -0.2) is 48.8 Å². The van der Waals surface area contributed by atoms with Gasteiger partial charge in [0.1, 0.15) is 4.90 Å². The van der Waals surface area contributed by atoms with Gasteiger partial charge in [-0.2, -0.15) is 16.9 Å². The normalized spacial score (nSPS) is 22.8. The lowest BCUT2D eigenvalue weighted by Crippen LogP contribution is -2.33. The highest BCUT2D eigenvalue weighted by Gasteiger charge is 2.29. The lowest BCUT2D eigenvalue weighted by Gasteiger charge is -2.12. The summed E-state index contributed by atoms with van der Waals surface area (Å²) in [4.78, 5) is 0.255. The van der Waals surface area contributed by atoms with E-state index in [-0.39, 0.29) is 10.9 Å². The van der Waals surface area contributed by atoms with Crippen LogP contribution in [-0.2, 0) is 16.6 Å². The van der Waals surface area contributed by atoms with Crippen LogP contribution < -0.4 is 10.0 Å². The summed E-state index contributed by atoms with van der Waals surface area (Å²) in [5.74, 6) is 1.09. The van der Waals surface area contributed by atoms with E-state index in [4.69, 9.17) is 0 Å². The van der Waals surface area contributed by atoms with Gasteiger partial charge in [-0.25, -0.2) is 13.1 Å². The molecule has 1 aromatic heterocycles. The number of hydrogen-bond donors (Lipinski definition) is 2. The fourth-order valence-corrected chi connectivity index (χ4v) is 4.93. The van der Waals surface area contributed by atoms with Crippen LogP contribution in [0.4, 0.5) is 0 Å². The zero-order chi connectivity index (χ0) is 15.3. The molecule has 0 spiro atoms. The monoisotopic (exact) mass is 332 g/mol. The molecule has 1 heterocycles. The van der Waals surface area contributed by atoms with E-state index in [9.17, 15) is 8.42 Å². The van der Waals surface area contributed by atoms with Gasteiger partial charge >= 0.3 is 0 Å². The van der Waals surface area contributed by atoms with Crippen molar-refractivity contribution < 1.29 is 8.42 Å². The highest BCUT2D eigenvalue weighted by Crippen LogP contribution is 2.30. The molecule has 1 aliphatic carbocycles. The fourth-order valence-electron chi connectivity index (χ4n) is 2.55. The van der Waals surface area contributed by atoms with Crippen molar-refractivity contribution in [2.75, 3.05) is 19.3 Å². The summed E-state index contributed by atoms with van der Waals surface area (Å²) in [5.41, 5.74) is 0. The molecule has 2 N–H and O–H groups in total. The second kappa shape index (κ2) is 7.62. The average molecular weight is 332 g/mol. The maximum absolute atomic E-state index is 12.4. The molecule has 2 unspecified atom stereocenters. The molecule has 120 valence electrons. The molecule has 0 saturated heterocycles. The Hall–Kier alpha value is -0.570. The van der Waals surface area contributed by atoms with Crippen molar-refractivity contribution in [3.8, 4) is 0 Å². The van der Waals surface area contributed by atoms with Crippen LogP contribution in [0.3, 0.4) is 0 Å². The molecule has 0 aromatic carbocycles. The minimum atomic E-state index is -3.45. The average Bonchev–Trinajstić information content (AvgIpc) is 3.06. The number of rotatable bonds is 8. The Morgan fingerprint density at radius 1 is 1.48 bits per heavy atom. The maximum Gasteiger partial charge on any atom is 0.243 e. The minimum absolute atomic E-state index is 0.0553. The summed E-state index contributed by atoms with van der Waals surface area (Å²) < 4.78 is 29.2. The van der Waals surface area contributed by atoms with E-state index in [1.54, 1.807) is 10.9 Å². The van der Waals surface area contributed by atoms with Crippen molar-refractivity contribution >= 4 is 21.8 Å². The Bertz CT molecular complexity index is 544. The van der Waals surface area contributed by atoms with Crippen LogP contribution >= 0.6 is 11.8 Å². The van der Waals surface area contributed by atoms with Gasteiger partial charge in [0.25, 0.3) is 0 Å². The smallest absolute Gasteiger partial charge is 0.243 e. The van der Waals surface area contributed by atoms with Gasteiger partial charge in [0.05, 0.1) is 12.7 Å². The molecule has 2 rings (SSSR count). The first-order valence-corrected chi connectivity index (χ1v) is 9.89. The van der Waals surface area contributed by atoms with Crippen LogP contribution in [0.1, 0.15) is 26.2 Å². The first-order chi connectivity index (χ1) is 10.0. The Morgan fingerprint density at radius 3 is 3.00 bits per heavy atom. The molecule has 0 radical (unpaired) electrons. The highest BCUT2D eigenvalue weighted by atomic mass is 32.2. The molecule has 1 fully saturated rings. The van der Waals surface area contributed by atoms with Gasteiger partial charge in [-0.3, -0.25) is 4.68 Å². The van der Waals surface area contributed by atoms with Crippen molar-refractivity contribution in [3.63, 3.8) is 0 Å². The van der Waals surface area contributed by atoms with Crippen LogP contribution in [0.5, 0.6) is 0 Å². The number of nitrogens with one attached hydrogen (secondary N) is 2. The quantitative estimate of drug-likeness (QED) is 0.744. The van der Waals surface area contributed by atoms with Gasteiger partial charge in [-0.05, 0) is 32.1 Å². The topological polar surface area (TPSA) is 76.0 Å². The fraction of sp³-hybridized carbons (Fsp3) is 0.769. The molecule has 2 atom stereocenters. The molecule has 0 aliphatic heterocycles. The number of likely N-dealkylation sites (N-methyl/N-ethyl adjacent to an activating group) is 1. The summed E-state index contributed by atoms with van der Waals surface area (Å²) in [6.07, 6.45) is 5.95. The zero-order valence-electron chi connectivity index (χ0n) is 12.6. The molecule has 6 nitrogen and oxygen atoms in total. The lowest BCUT2D eigenvalue weighted by atomic mass is 10.3. The largest absolute Gasteiger partial charge is 0.318 e. The Balaban J connectivity index is 1.94. The number of nitrogens with zero attached hydrogens (tertiary/aromatic N) is 2. The van der Waals surface area contributed by atoms with Crippen molar-refractivity contribution in [2.45, 2.75) is 48.9 Å². The lowest BCUT2D eigenvalue weighted by molar-refractivity contribution is 0.551. The molecule has 1 aromatic rings. The van der Waals surface area contributed by atoms with E-state index in [1.165, 1.54) is 6.20 Å². The molecular formula is C13H24N4O2S2. The Kier molecular flexibility index (Phi) is 6.09. The van der Waals surface area contributed by atoms with Crippen molar-refractivity contribution in [1.82, 2.24) is 19.8 Å². The van der Waals surface area contributed by atoms with E-state index in [1.807, 2.05) is 18.8 Å². The highest BCUT2D eigenvalue weighted by molar-refractivity contribution is 7.99. The van der Waals surface area contributed by atoms with Gasteiger partial charge in [-0.1, -0.05) is 6.92 Å². The van der Waals surface area contributed by atoms with Gasteiger partial charge in [0.15, 0.2) is 0 Å². The number of aromatic nitrogens is 2. The standard InChI is InChI=1S/C13H24N4O2S2/c1-3-20-12-5-4-11(8-12)16-21(18,19)13-9-15-17(10-13)7-6-14-2/h9-12,14,16H,3-8H2,1-2H3. The minimum Gasteiger partial charge on any atom is -0.318 e. The van der Waals surface area contributed by atoms with Crippen LogP contribution in [0.15, 0.2) is 17.3 Å². The second-order valence-corrected chi connectivity index (χ2v) is 8.54. The third kappa shape index (κ3) is 4.70. The Labute approximate surface area is 131 Å². The van der Waals surface area contributed by atoms with Gasteiger partial charge in [0.2, 0.25) is 10.0 Å². The molecular weight excluding hydrogens is 308 g/mol. The van der Waals surface area contributed by atoms with E-state index in [0.29, 0.717) is 11.8 Å². The first-order valence-electron chi connectivity index (χ1n) is 7.36. The van der Waals surface area contributed by atoms with Gasteiger partial charge in [-0.15, -0.1) is 0 Å². The van der Waals surface area contributed by atoms with Gasteiger partial charge < -0.3 is 5.32 Å². The van der Waals surface area contributed by atoms with Crippen molar-refractivity contribution in [3.05, 3.63) is 12.4 Å². The summed E-state index contributed by atoms with van der Waals surface area (Å²) in [7, 11) is -1.59. The van der Waals surface area contributed by atoms with E-state index in [2.05, 4.69) is 22.1 Å². The van der Waals surface area contributed by atoms with E-state index in [0.717, 1.165) is 31.6 Å². The first kappa shape index (κ1) is 16.8. The SMILES string of the molecule is CCSC1CCC(NS(=O)(=O)c2cnn(CCNC)c2)C1. The predicted octanol–water partition coefficient (Wildman–Crippen LogP) is 1.05. The molecule has 21 heavy (non-hydrogen) atoms. The Morgan fingerprint density at radius 2 is 2.29 bits per heavy atom. The van der Waals surface area contributed by atoms with E-state index >= 15 is 0 Å². The zero-order valence-corrected chi connectivity index (χ0v) is 14.2. The third-order valence-corrected chi connectivity index (χ3v) is 6.33. The third-order valence-electron chi connectivity index (χ3n) is 3.62. The summed E-state index contributed by atoms with van der Waals surface area (Å²) >= 11 is 1.92. The second-order valence-electron chi connectivity index (χ2n) is 5.25. The van der Waals surface area contributed by atoms with Gasteiger partial charge in [0, 0.05) is 24.0 Å². The molecule has 1 saturated carbocycles. The molecule has 1 aliphatic rings. The maximum atomic E-state index is 12.4. The summed E-state index contributed by atoms with van der Waals surface area (Å²) in [5, 5.41) is 7.69. The van der Waals surface area contributed by atoms with Crippen molar-refractivity contribution in [1.29, 1.82) is 0 Å². The number of hydrogen-bond acceptors (Lipinski definition) is 5. The van der Waals surface area contributed by atoms with Crippen molar-refractivity contribution in [2.24, 2.45) is 0 Å². The number of thioether (sulfide) groups is 1.